The molecule has 3 heterocycles. The van der Waals surface area contributed by atoms with Gasteiger partial charge in [-0.15, -0.1) is 0 Å². The first-order valence-corrected chi connectivity index (χ1v) is 8.14. The van der Waals surface area contributed by atoms with Crippen molar-refractivity contribution in [2.45, 2.75) is 6.54 Å². The zero-order valence-corrected chi connectivity index (χ0v) is 14.0. The van der Waals surface area contributed by atoms with Crippen molar-refractivity contribution in [1.29, 1.82) is 0 Å². The quantitative estimate of drug-likeness (QED) is 0.594. The van der Waals surface area contributed by atoms with Crippen LogP contribution in [0.5, 0.6) is 0 Å². The molecule has 8 heteroatoms. The van der Waals surface area contributed by atoms with Crippen LogP contribution in [0, 0.1) is 0 Å². The molecule has 0 spiro atoms. The van der Waals surface area contributed by atoms with Gasteiger partial charge in [0.05, 0.1) is 17.4 Å². The predicted octanol–water partition coefficient (Wildman–Crippen LogP) is 1.58. The number of furan rings is 1. The zero-order chi connectivity index (χ0) is 18.8. The van der Waals surface area contributed by atoms with Gasteiger partial charge in [-0.25, -0.2) is 9.66 Å². The van der Waals surface area contributed by atoms with E-state index in [0.717, 1.165) is 4.68 Å². The Kier molecular flexibility index (Phi) is 4.13. The van der Waals surface area contributed by atoms with Gasteiger partial charge in [0, 0.05) is 12.3 Å². The average molecular weight is 362 g/mol. The Morgan fingerprint density at radius 1 is 1.04 bits per heavy atom. The van der Waals surface area contributed by atoms with Crippen LogP contribution in [0.3, 0.4) is 0 Å². The Balaban J connectivity index is 1.55. The molecule has 0 aliphatic carbocycles. The molecule has 0 bridgehead atoms. The number of rotatable bonds is 4. The van der Waals surface area contributed by atoms with E-state index in [1.165, 1.54) is 23.0 Å². The molecule has 0 unspecified atom stereocenters. The molecule has 27 heavy (non-hydrogen) atoms. The predicted molar refractivity (Wildman–Crippen MR) is 98.2 cm³/mol. The SMILES string of the molecule is O=C(Nn1cnc2ccccc2c1=O)c1ccc(Cn2ccccc2=O)o1. The van der Waals surface area contributed by atoms with Crippen molar-refractivity contribution in [3.8, 4) is 0 Å². The highest BCUT2D eigenvalue weighted by molar-refractivity contribution is 5.97. The number of amides is 1. The van der Waals surface area contributed by atoms with Gasteiger partial charge >= 0.3 is 5.91 Å². The second kappa shape index (κ2) is 6.75. The van der Waals surface area contributed by atoms with Crippen LogP contribution in [0.15, 0.2) is 81.1 Å². The van der Waals surface area contributed by atoms with E-state index in [1.807, 2.05) is 0 Å². The van der Waals surface area contributed by atoms with Crippen LogP contribution >= 0.6 is 0 Å². The number of aromatic nitrogens is 3. The number of nitrogens with one attached hydrogen (secondary N) is 1. The maximum atomic E-state index is 12.4. The molecule has 0 aliphatic rings. The molecule has 0 saturated heterocycles. The Morgan fingerprint density at radius 2 is 1.85 bits per heavy atom. The minimum Gasteiger partial charge on any atom is -0.454 e. The van der Waals surface area contributed by atoms with Gasteiger partial charge in [0.25, 0.3) is 11.1 Å². The fraction of sp³-hybridized carbons (Fsp3) is 0.0526. The summed E-state index contributed by atoms with van der Waals surface area (Å²) in [6.07, 6.45) is 2.88. The fourth-order valence-electron chi connectivity index (χ4n) is 2.66. The Labute approximate surface area is 152 Å². The maximum absolute atomic E-state index is 12.4. The first-order valence-electron chi connectivity index (χ1n) is 8.14. The van der Waals surface area contributed by atoms with Crippen molar-refractivity contribution >= 4 is 16.8 Å². The maximum Gasteiger partial charge on any atom is 0.305 e. The van der Waals surface area contributed by atoms with Crippen LogP contribution in [0.1, 0.15) is 16.3 Å². The second-order valence-electron chi connectivity index (χ2n) is 5.81. The lowest BCUT2D eigenvalue weighted by Crippen LogP contribution is -2.33. The molecule has 0 saturated carbocycles. The number of pyridine rings is 1. The highest BCUT2D eigenvalue weighted by Gasteiger charge is 2.13. The van der Waals surface area contributed by atoms with Crippen LogP contribution in [0.4, 0.5) is 0 Å². The largest absolute Gasteiger partial charge is 0.454 e. The van der Waals surface area contributed by atoms with Gasteiger partial charge < -0.3 is 8.98 Å². The Hall–Kier alpha value is -3.94. The number of hydrogen-bond donors (Lipinski definition) is 1. The summed E-state index contributed by atoms with van der Waals surface area (Å²) in [7, 11) is 0. The average Bonchev–Trinajstić information content (AvgIpc) is 3.15. The van der Waals surface area contributed by atoms with E-state index >= 15 is 0 Å². The minimum absolute atomic E-state index is 0.0223. The number of fused-ring (bicyclic) bond motifs is 1. The lowest BCUT2D eigenvalue weighted by Gasteiger charge is -2.07. The zero-order valence-electron chi connectivity index (χ0n) is 14.0. The summed E-state index contributed by atoms with van der Waals surface area (Å²) in [5, 5.41) is 0.392. The van der Waals surface area contributed by atoms with Gasteiger partial charge in [0.15, 0.2) is 5.76 Å². The lowest BCUT2D eigenvalue weighted by atomic mass is 10.2. The highest BCUT2D eigenvalue weighted by Crippen LogP contribution is 2.10. The molecule has 1 N–H and O–H groups in total. The van der Waals surface area contributed by atoms with Gasteiger partial charge in [-0.2, -0.15) is 0 Å². The van der Waals surface area contributed by atoms with Gasteiger partial charge in [-0.1, -0.05) is 18.2 Å². The van der Waals surface area contributed by atoms with Crippen LogP contribution in [-0.4, -0.2) is 20.1 Å². The summed E-state index contributed by atoms with van der Waals surface area (Å²) in [6.45, 7) is 0.199. The van der Waals surface area contributed by atoms with E-state index in [-0.39, 0.29) is 17.9 Å². The normalized spacial score (nSPS) is 10.8. The molecule has 0 atom stereocenters. The Bertz CT molecular complexity index is 1250. The summed E-state index contributed by atoms with van der Waals surface area (Å²) in [5.41, 5.74) is 2.43. The molecule has 134 valence electrons. The fourth-order valence-corrected chi connectivity index (χ4v) is 2.66. The lowest BCUT2D eigenvalue weighted by molar-refractivity contribution is 0.0978. The summed E-state index contributed by atoms with van der Waals surface area (Å²) in [6, 6.07) is 14.8. The topological polar surface area (TPSA) is 99.1 Å². The van der Waals surface area contributed by atoms with Crippen LogP contribution < -0.4 is 16.5 Å². The van der Waals surface area contributed by atoms with Gasteiger partial charge in [0.2, 0.25) is 0 Å². The van der Waals surface area contributed by atoms with Crippen LogP contribution in [0.2, 0.25) is 0 Å². The molecule has 3 aromatic heterocycles. The molecule has 8 nitrogen and oxygen atoms in total. The van der Waals surface area contributed by atoms with E-state index in [1.54, 1.807) is 48.7 Å². The van der Waals surface area contributed by atoms with E-state index in [0.29, 0.717) is 16.7 Å². The standard InChI is InChI=1S/C19H14N4O4/c24-17-7-3-4-10-22(17)11-13-8-9-16(27-13)18(25)21-23-12-20-15-6-2-1-5-14(15)19(23)26/h1-10,12H,11H2,(H,21,25). The molecule has 0 fully saturated rings. The monoisotopic (exact) mass is 362 g/mol. The van der Waals surface area contributed by atoms with Crippen molar-refractivity contribution in [3.05, 3.63) is 99.3 Å². The number of carbonyl (C=O) groups excluding carboxylic acids is 1. The van der Waals surface area contributed by atoms with Gasteiger partial charge in [0.1, 0.15) is 12.1 Å². The van der Waals surface area contributed by atoms with Crippen molar-refractivity contribution in [3.63, 3.8) is 0 Å². The summed E-state index contributed by atoms with van der Waals surface area (Å²) < 4.78 is 7.96. The molecular formula is C19H14N4O4. The first-order chi connectivity index (χ1) is 13.1. The van der Waals surface area contributed by atoms with E-state index in [9.17, 15) is 14.4 Å². The summed E-state index contributed by atoms with van der Waals surface area (Å²) >= 11 is 0. The third-order valence-electron chi connectivity index (χ3n) is 4.00. The molecule has 1 amide bonds. The number of benzene rings is 1. The molecule has 1 aromatic carbocycles. The number of hydrogen-bond acceptors (Lipinski definition) is 5. The first kappa shape index (κ1) is 16.5. The van der Waals surface area contributed by atoms with E-state index < -0.39 is 11.5 Å². The molecule has 4 aromatic rings. The van der Waals surface area contributed by atoms with Crippen molar-refractivity contribution in [2.24, 2.45) is 0 Å². The van der Waals surface area contributed by atoms with E-state index in [4.69, 9.17) is 4.42 Å². The summed E-state index contributed by atoms with van der Waals surface area (Å²) in [4.78, 5) is 40.7. The highest BCUT2D eigenvalue weighted by atomic mass is 16.4. The van der Waals surface area contributed by atoms with Crippen LogP contribution in [-0.2, 0) is 6.54 Å². The molecule has 0 aliphatic heterocycles. The van der Waals surface area contributed by atoms with Gasteiger partial charge in [-0.05, 0) is 30.3 Å². The smallest absolute Gasteiger partial charge is 0.305 e. The van der Waals surface area contributed by atoms with Crippen LogP contribution in [0.25, 0.3) is 10.9 Å². The minimum atomic E-state index is -0.596. The third-order valence-corrected chi connectivity index (χ3v) is 4.00. The summed E-state index contributed by atoms with van der Waals surface area (Å²) in [5.74, 6) is -0.132. The third kappa shape index (κ3) is 3.28. The molecular weight excluding hydrogens is 348 g/mol. The number of carbonyl (C=O) groups is 1. The Morgan fingerprint density at radius 3 is 2.70 bits per heavy atom. The van der Waals surface area contributed by atoms with Crippen molar-refractivity contribution in [1.82, 2.24) is 14.2 Å². The van der Waals surface area contributed by atoms with E-state index in [2.05, 4.69) is 10.4 Å². The molecule has 0 radical (unpaired) electrons. The number of para-hydroxylation sites is 1. The van der Waals surface area contributed by atoms with Crippen molar-refractivity contribution in [2.75, 3.05) is 5.43 Å². The molecule has 4 rings (SSSR count). The number of nitrogens with zero attached hydrogens (tertiary/aromatic N) is 3. The second-order valence-corrected chi connectivity index (χ2v) is 5.81. The van der Waals surface area contributed by atoms with Gasteiger partial charge in [-0.3, -0.25) is 19.8 Å². The van der Waals surface area contributed by atoms with Crippen molar-refractivity contribution < 1.29 is 9.21 Å².